The number of hydrogen-bond acceptors (Lipinski definition) is 1. The van der Waals surface area contributed by atoms with Gasteiger partial charge in [0.2, 0.25) is 0 Å². The van der Waals surface area contributed by atoms with Crippen LogP contribution in [-0.4, -0.2) is 5.11 Å². The normalized spacial score (nSPS) is 10.6. The molecule has 2 aromatic rings. The molecule has 0 amide bonds. The van der Waals surface area contributed by atoms with E-state index in [-0.39, 0.29) is 0 Å². The van der Waals surface area contributed by atoms with Crippen molar-refractivity contribution in [2.75, 3.05) is 0 Å². The van der Waals surface area contributed by atoms with Gasteiger partial charge in [-0.3, -0.25) is 0 Å². The van der Waals surface area contributed by atoms with Crippen LogP contribution in [0.4, 0.5) is 0 Å². The summed E-state index contributed by atoms with van der Waals surface area (Å²) in [5.74, 6) is 0.343. The summed E-state index contributed by atoms with van der Waals surface area (Å²) in [5.41, 5.74) is 2.34. The first kappa shape index (κ1) is 8.11. The van der Waals surface area contributed by atoms with Gasteiger partial charge in [0.15, 0.2) is 0 Å². The molecule has 0 heterocycles. The summed E-state index contributed by atoms with van der Waals surface area (Å²) in [7, 11) is 0. The van der Waals surface area contributed by atoms with Crippen LogP contribution >= 0.6 is 0 Å². The molecular formula is C12H12O. The number of aromatic hydroxyl groups is 1. The fraction of sp³-hybridized carbons (Fsp3) is 0.167. The Balaban J connectivity index is 2.86. The van der Waals surface area contributed by atoms with Crippen LogP contribution in [0.15, 0.2) is 30.3 Å². The second kappa shape index (κ2) is 2.77. The highest BCUT2D eigenvalue weighted by molar-refractivity contribution is 5.87. The summed E-state index contributed by atoms with van der Waals surface area (Å²) in [5, 5.41) is 11.7. The van der Waals surface area contributed by atoms with Gasteiger partial charge < -0.3 is 5.11 Å². The summed E-state index contributed by atoms with van der Waals surface area (Å²) in [6, 6.07) is 9.86. The number of hydrogen-bond donors (Lipinski definition) is 1. The van der Waals surface area contributed by atoms with E-state index in [4.69, 9.17) is 0 Å². The number of fused-ring (bicyclic) bond motifs is 1. The van der Waals surface area contributed by atoms with Crippen LogP contribution in [0.2, 0.25) is 0 Å². The quantitative estimate of drug-likeness (QED) is 0.647. The van der Waals surface area contributed by atoms with Crippen LogP contribution in [0.3, 0.4) is 0 Å². The molecule has 13 heavy (non-hydrogen) atoms. The van der Waals surface area contributed by atoms with Crippen molar-refractivity contribution < 1.29 is 5.11 Å². The molecule has 1 nitrogen and oxygen atoms in total. The van der Waals surface area contributed by atoms with Crippen LogP contribution in [0.25, 0.3) is 10.8 Å². The number of phenols is 1. The summed E-state index contributed by atoms with van der Waals surface area (Å²) >= 11 is 0. The van der Waals surface area contributed by atoms with Gasteiger partial charge in [-0.05, 0) is 42.3 Å². The molecule has 0 aliphatic heterocycles. The Morgan fingerprint density at radius 1 is 1.00 bits per heavy atom. The molecule has 0 saturated heterocycles. The number of phenolic OH excluding ortho intramolecular Hbond substituents is 1. The molecule has 0 aromatic heterocycles. The molecule has 1 N–H and O–H groups in total. The van der Waals surface area contributed by atoms with Crippen molar-refractivity contribution in [1.82, 2.24) is 0 Å². The summed E-state index contributed by atoms with van der Waals surface area (Å²) in [6.07, 6.45) is 0. The first-order valence-corrected chi connectivity index (χ1v) is 4.37. The lowest BCUT2D eigenvalue weighted by molar-refractivity contribution is 0.476. The third-order valence-corrected chi connectivity index (χ3v) is 2.30. The van der Waals surface area contributed by atoms with Gasteiger partial charge in [0.25, 0.3) is 0 Å². The van der Waals surface area contributed by atoms with Gasteiger partial charge in [-0.1, -0.05) is 23.8 Å². The predicted molar refractivity (Wildman–Crippen MR) is 55.1 cm³/mol. The van der Waals surface area contributed by atoms with Gasteiger partial charge in [-0.25, -0.2) is 0 Å². The Labute approximate surface area is 77.6 Å². The smallest absolute Gasteiger partial charge is 0.116 e. The van der Waals surface area contributed by atoms with Crippen molar-refractivity contribution in [3.63, 3.8) is 0 Å². The molecule has 0 unspecified atom stereocenters. The van der Waals surface area contributed by atoms with Gasteiger partial charge >= 0.3 is 0 Å². The van der Waals surface area contributed by atoms with E-state index in [2.05, 4.69) is 25.1 Å². The van der Waals surface area contributed by atoms with Crippen molar-refractivity contribution in [2.45, 2.75) is 13.8 Å². The molecule has 0 bridgehead atoms. The standard InChI is InChI=1S/C12H12O/c1-8-3-4-12-9(2)6-11(13)7-10(12)5-8/h3-7,13H,1-2H3. The van der Waals surface area contributed by atoms with Crippen LogP contribution in [-0.2, 0) is 0 Å². The zero-order valence-corrected chi connectivity index (χ0v) is 7.83. The van der Waals surface area contributed by atoms with Crippen LogP contribution in [0, 0.1) is 13.8 Å². The van der Waals surface area contributed by atoms with E-state index < -0.39 is 0 Å². The molecule has 2 rings (SSSR count). The topological polar surface area (TPSA) is 20.2 Å². The highest BCUT2D eigenvalue weighted by Gasteiger charge is 1.99. The molecule has 0 atom stereocenters. The minimum absolute atomic E-state index is 0.343. The monoisotopic (exact) mass is 172 g/mol. The summed E-state index contributed by atoms with van der Waals surface area (Å²) < 4.78 is 0. The third-order valence-electron chi connectivity index (χ3n) is 2.30. The fourth-order valence-corrected chi connectivity index (χ4v) is 1.66. The lowest BCUT2D eigenvalue weighted by Gasteiger charge is -2.03. The first-order valence-electron chi connectivity index (χ1n) is 4.37. The number of rotatable bonds is 0. The lowest BCUT2D eigenvalue weighted by atomic mass is 10.0. The molecule has 66 valence electrons. The maximum Gasteiger partial charge on any atom is 0.116 e. The minimum atomic E-state index is 0.343. The molecule has 1 heteroatoms. The van der Waals surface area contributed by atoms with Gasteiger partial charge in [-0.2, -0.15) is 0 Å². The molecule has 2 aromatic carbocycles. The molecule has 0 fully saturated rings. The fourth-order valence-electron chi connectivity index (χ4n) is 1.66. The van der Waals surface area contributed by atoms with E-state index in [1.807, 2.05) is 6.92 Å². The number of benzene rings is 2. The van der Waals surface area contributed by atoms with Crippen LogP contribution in [0.1, 0.15) is 11.1 Å². The first-order chi connectivity index (χ1) is 6.16. The Hall–Kier alpha value is -1.50. The molecule has 0 aliphatic carbocycles. The van der Waals surface area contributed by atoms with Crippen molar-refractivity contribution >= 4 is 10.8 Å². The van der Waals surface area contributed by atoms with E-state index in [0.29, 0.717) is 5.75 Å². The van der Waals surface area contributed by atoms with Crippen molar-refractivity contribution in [1.29, 1.82) is 0 Å². The maximum atomic E-state index is 9.40. The zero-order chi connectivity index (χ0) is 9.42. The molecule has 0 spiro atoms. The summed E-state index contributed by atoms with van der Waals surface area (Å²) in [4.78, 5) is 0. The SMILES string of the molecule is Cc1ccc2c(C)cc(O)cc2c1. The van der Waals surface area contributed by atoms with Gasteiger partial charge in [0.1, 0.15) is 5.75 Å². The summed E-state index contributed by atoms with van der Waals surface area (Å²) in [6.45, 7) is 4.07. The zero-order valence-electron chi connectivity index (χ0n) is 7.83. The average molecular weight is 172 g/mol. The van der Waals surface area contributed by atoms with Crippen LogP contribution < -0.4 is 0 Å². The average Bonchev–Trinajstić information content (AvgIpc) is 2.02. The minimum Gasteiger partial charge on any atom is -0.508 e. The Kier molecular flexibility index (Phi) is 1.73. The van der Waals surface area contributed by atoms with E-state index in [1.165, 1.54) is 10.9 Å². The third kappa shape index (κ3) is 1.37. The second-order valence-electron chi connectivity index (χ2n) is 3.49. The van der Waals surface area contributed by atoms with E-state index >= 15 is 0 Å². The Bertz CT molecular complexity index is 453. The van der Waals surface area contributed by atoms with Crippen molar-refractivity contribution in [3.8, 4) is 5.75 Å². The number of aryl methyl sites for hydroxylation is 2. The Morgan fingerprint density at radius 2 is 1.77 bits per heavy atom. The van der Waals surface area contributed by atoms with Crippen molar-refractivity contribution in [2.24, 2.45) is 0 Å². The molecule has 0 saturated carbocycles. The highest BCUT2D eigenvalue weighted by Crippen LogP contribution is 2.24. The second-order valence-corrected chi connectivity index (χ2v) is 3.49. The lowest BCUT2D eigenvalue weighted by Crippen LogP contribution is -1.80. The van der Waals surface area contributed by atoms with E-state index in [0.717, 1.165) is 10.9 Å². The molecule has 0 radical (unpaired) electrons. The predicted octanol–water partition coefficient (Wildman–Crippen LogP) is 3.16. The van der Waals surface area contributed by atoms with Crippen molar-refractivity contribution in [3.05, 3.63) is 41.5 Å². The largest absolute Gasteiger partial charge is 0.508 e. The maximum absolute atomic E-state index is 9.40. The molecular weight excluding hydrogens is 160 g/mol. The van der Waals surface area contributed by atoms with Gasteiger partial charge in [0.05, 0.1) is 0 Å². The Morgan fingerprint density at radius 3 is 2.54 bits per heavy atom. The van der Waals surface area contributed by atoms with Gasteiger partial charge in [0, 0.05) is 0 Å². The van der Waals surface area contributed by atoms with Crippen LogP contribution in [0.5, 0.6) is 5.75 Å². The highest BCUT2D eigenvalue weighted by atomic mass is 16.3. The van der Waals surface area contributed by atoms with E-state index in [9.17, 15) is 5.11 Å². The van der Waals surface area contributed by atoms with Gasteiger partial charge in [-0.15, -0.1) is 0 Å². The molecule has 0 aliphatic rings. The van der Waals surface area contributed by atoms with E-state index in [1.54, 1.807) is 12.1 Å².